The third kappa shape index (κ3) is 4.84. The molecule has 2 heteroatoms. The van der Waals surface area contributed by atoms with Gasteiger partial charge in [0.2, 0.25) is 0 Å². The minimum absolute atomic E-state index is 1.02. The van der Waals surface area contributed by atoms with E-state index >= 15 is 0 Å². The predicted molar refractivity (Wildman–Crippen MR) is 69.7 cm³/mol. The van der Waals surface area contributed by atoms with Crippen LogP contribution in [0.5, 0.6) is 0 Å². The molecule has 94 valence electrons. The molecule has 0 unspecified atom stereocenters. The number of nitrogens with zero attached hydrogens (tertiary/aromatic N) is 1. The van der Waals surface area contributed by atoms with Crippen molar-refractivity contribution in [2.24, 2.45) is 11.8 Å². The summed E-state index contributed by atoms with van der Waals surface area (Å²) in [7, 11) is 2.29. The fourth-order valence-electron chi connectivity index (χ4n) is 2.82. The normalized spacial score (nSPS) is 22.9. The molecule has 1 aliphatic heterocycles. The fraction of sp³-hybridized carbons (Fsp3) is 1.00. The molecule has 2 aliphatic rings. The summed E-state index contributed by atoms with van der Waals surface area (Å²) in [6, 6.07) is 0. The molecule has 0 spiro atoms. The zero-order valence-electron chi connectivity index (χ0n) is 10.9. The number of hydrogen-bond donors (Lipinski definition) is 1. The molecule has 1 saturated heterocycles. The number of piperidine rings is 1. The molecule has 0 amide bonds. The predicted octanol–water partition coefficient (Wildman–Crippen LogP) is 2.50. The maximum absolute atomic E-state index is 3.44. The van der Waals surface area contributed by atoms with Gasteiger partial charge in [-0.25, -0.2) is 0 Å². The largest absolute Gasteiger partial charge is 0.317 e. The second-order valence-corrected chi connectivity index (χ2v) is 5.89. The molecule has 0 aromatic heterocycles. The Bertz CT molecular complexity index is 183. The van der Waals surface area contributed by atoms with Crippen LogP contribution in [-0.2, 0) is 0 Å². The average Bonchev–Trinajstić information content (AvgIpc) is 3.10. The molecule has 0 aromatic carbocycles. The Hall–Kier alpha value is -0.0800. The van der Waals surface area contributed by atoms with E-state index in [0.717, 1.165) is 11.8 Å². The summed E-state index contributed by atoms with van der Waals surface area (Å²) >= 11 is 0. The van der Waals surface area contributed by atoms with Gasteiger partial charge in [-0.3, -0.25) is 0 Å². The van der Waals surface area contributed by atoms with Crippen molar-refractivity contribution in [2.45, 2.75) is 44.9 Å². The molecular formula is C14H28N2. The highest BCUT2D eigenvalue weighted by Gasteiger charge is 2.22. The maximum atomic E-state index is 3.44. The van der Waals surface area contributed by atoms with Gasteiger partial charge in [0, 0.05) is 6.54 Å². The van der Waals surface area contributed by atoms with Crippen molar-refractivity contribution < 1.29 is 0 Å². The summed E-state index contributed by atoms with van der Waals surface area (Å²) in [5, 5.41) is 3.44. The third-order valence-electron chi connectivity index (χ3n) is 4.13. The van der Waals surface area contributed by atoms with Crippen molar-refractivity contribution >= 4 is 0 Å². The second-order valence-electron chi connectivity index (χ2n) is 5.89. The Kier molecular flexibility index (Phi) is 5.11. The lowest BCUT2D eigenvalue weighted by molar-refractivity contribution is 0.295. The van der Waals surface area contributed by atoms with Crippen molar-refractivity contribution in [1.82, 2.24) is 10.2 Å². The highest BCUT2D eigenvalue weighted by Crippen LogP contribution is 2.29. The van der Waals surface area contributed by atoms with Crippen LogP contribution in [0.2, 0.25) is 0 Å². The van der Waals surface area contributed by atoms with Crippen molar-refractivity contribution in [2.75, 3.05) is 33.2 Å². The summed E-state index contributed by atoms with van der Waals surface area (Å²) in [5.41, 5.74) is 0. The zero-order chi connectivity index (χ0) is 11.2. The molecule has 0 bridgehead atoms. The van der Waals surface area contributed by atoms with Crippen LogP contribution in [0.1, 0.15) is 44.9 Å². The standard InChI is InChI=1S/C14H28N2/c1-16(12-14-5-6-14)11-3-2-4-13-7-9-15-10-8-13/h13-15H,2-12H2,1H3. The van der Waals surface area contributed by atoms with Crippen LogP contribution < -0.4 is 5.32 Å². The lowest BCUT2D eigenvalue weighted by Gasteiger charge is -2.23. The van der Waals surface area contributed by atoms with Gasteiger partial charge in [-0.15, -0.1) is 0 Å². The first-order valence-electron chi connectivity index (χ1n) is 7.24. The molecule has 1 N–H and O–H groups in total. The quantitative estimate of drug-likeness (QED) is 0.668. The molecule has 1 heterocycles. The van der Waals surface area contributed by atoms with Crippen LogP contribution in [0.4, 0.5) is 0 Å². The molecule has 16 heavy (non-hydrogen) atoms. The first-order valence-corrected chi connectivity index (χ1v) is 7.24. The fourth-order valence-corrected chi connectivity index (χ4v) is 2.82. The SMILES string of the molecule is CN(CCCCC1CCNCC1)CC1CC1. The second kappa shape index (κ2) is 6.61. The maximum Gasteiger partial charge on any atom is 0.000661 e. The average molecular weight is 224 g/mol. The lowest BCUT2D eigenvalue weighted by Crippen LogP contribution is -2.28. The number of unbranched alkanes of at least 4 members (excludes halogenated alkanes) is 1. The van der Waals surface area contributed by atoms with Gasteiger partial charge in [0.1, 0.15) is 0 Å². The molecule has 2 nitrogen and oxygen atoms in total. The van der Waals surface area contributed by atoms with Crippen LogP contribution in [-0.4, -0.2) is 38.1 Å². The first kappa shape index (κ1) is 12.4. The van der Waals surface area contributed by atoms with Gasteiger partial charge in [0.25, 0.3) is 0 Å². The van der Waals surface area contributed by atoms with Crippen molar-refractivity contribution in [3.05, 3.63) is 0 Å². The highest BCUT2D eigenvalue weighted by molar-refractivity contribution is 4.76. The van der Waals surface area contributed by atoms with Crippen LogP contribution in [0.15, 0.2) is 0 Å². The molecule has 0 atom stereocenters. The Labute approximate surface area is 101 Å². The smallest absolute Gasteiger partial charge is 0.000661 e. The molecule has 1 aliphatic carbocycles. The van der Waals surface area contributed by atoms with Gasteiger partial charge >= 0.3 is 0 Å². The van der Waals surface area contributed by atoms with Gasteiger partial charge < -0.3 is 10.2 Å². The minimum atomic E-state index is 1.02. The monoisotopic (exact) mass is 224 g/mol. The van der Waals surface area contributed by atoms with Gasteiger partial charge in [0.15, 0.2) is 0 Å². The van der Waals surface area contributed by atoms with E-state index in [2.05, 4.69) is 17.3 Å². The summed E-state index contributed by atoms with van der Waals surface area (Å²) in [4.78, 5) is 2.54. The van der Waals surface area contributed by atoms with Gasteiger partial charge in [0.05, 0.1) is 0 Å². The number of nitrogens with one attached hydrogen (secondary N) is 1. The summed E-state index contributed by atoms with van der Waals surface area (Å²) in [6.07, 6.45) is 10.1. The summed E-state index contributed by atoms with van der Waals surface area (Å²) in [5.74, 6) is 2.07. The van der Waals surface area contributed by atoms with Crippen LogP contribution >= 0.6 is 0 Å². The van der Waals surface area contributed by atoms with E-state index in [1.54, 1.807) is 0 Å². The van der Waals surface area contributed by atoms with E-state index in [-0.39, 0.29) is 0 Å². The topological polar surface area (TPSA) is 15.3 Å². The van der Waals surface area contributed by atoms with E-state index in [0.29, 0.717) is 0 Å². The summed E-state index contributed by atoms with van der Waals surface area (Å²) < 4.78 is 0. The molecule has 0 radical (unpaired) electrons. The molecule has 1 saturated carbocycles. The van der Waals surface area contributed by atoms with Crippen molar-refractivity contribution in [1.29, 1.82) is 0 Å². The zero-order valence-corrected chi connectivity index (χ0v) is 10.9. The number of hydrogen-bond acceptors (Lipinski definition) is 2. The molecular weight excluding hydrogens is 196 g/mol. The van der Waals surface area contributed by atoms with E-state index in [4.69, 9.17) is 0 Å². The van der Waals surface area contributed by atoms with Crippen LogP contribution in [0.3, 0.4) is 0 Å². The summed E-state index contributed by atoms with van der Waals surface area (Å²) in [6.45, 7) is 5.19. The van der Waals surface area contributed by atoms with Crippen molar-refractivity contribution in [3.8, 4) is 0 Å². The van der Waals surface area contributed by atoms with Gasteiger partial charge in [-0.05, 0) is 70.6 Å². The minimum Gasteiger partial charge on any atom is -0.317 e. The van der Waals surface area contributed by atoms with Crippen LogP contribution in [0, 0.1) is 11.8 Å². The van der Waals surface area contributed by atoms with Crippen molar-refractivity contribution in [3.63, 3.8) is 0 Å². The van der Waals surface area contributed by atoms with E-state index < -0.39 is 0 Å². The molecule has 0 aromatic rings. The molecule has 2 rings (SSSR count). The first-order chi connectivity index (χ1) is 7.84. The third-order valence-corrected chi connectivity index (χ3v) is 4.13. The Morgan fingerprint density at radius 2 is 1.75 bits per heavy atom. The molecule has 2 fully saturated rings. The number of rotatable bonds is 7. The van der Waals surface area contributed by atoms with Gasteiger partial charge in [-0.1, -0.05) is 12.8 Å². The van der Waals surface area contributed by atoms with Gasteiger partial charge in [-0.2, -0.15) is 0 Å². The Morgan fingerprint density at radius 3 is 2.44 bits per heavy atom. The lowest BCUT2D eigenvalue weighted by atomic mass is 9.92. The Morgan fingerprint density at radius 1 is 1.00 bits per heavy atom. The van der Waals surface area contributed by atoms with Crippen LogP contribution in [0.25, 0.3) is 0 Å². The van der Waals surface area contributed by atoms with E-state index in [1.165, 1.54) is 71.1 Å². The van der Waals surface area contributed by atoms with E-state index in [9.17, 15) is 0 Å². The Balaban J connectivity index is 1.44. The van der Waals surface area contributed by atoms with E-state index in [1.807, 2.05) is 0 Å². The highest BCUT2D eigenvalue weighted by atomic mass is 15.1.